The number of anilines is 1. The van der Waals surface area contributed by atoms with E-state index in [9.17, 15) is 4.79 Å². The summed E-state index contributed by atoms with van der Waals surface area (Å²) in [4.78, 5) is 20.6. The SMILES string of the molecule is COc1nccnc1NNC(=O)C1(c2ccc(Cl)cc2)CC1. The van der Waals surface area contributed by atoms with E-state index in [-0.39, 0.29) is 5.91 Å². The molecule has 0 atom stereocenters. The predicted octanol–water partition coefficient (Wildman–Crippen LogP) is 2.31. The molecule has 1 saturated carbocycles. The summed E-state index contributed by atoms with van der Waals surface area (Å²) in [7, 11) is 1.49. The van der Waals surface area contributed by atoms with Gasteiger partial charge in [-0.2, -0.15) is 0 Å². The van der Waals surface area contributed by atoms with Crippen LogP contribution in [0.4, 0.5) is 5.82 Å². The molecule has 1 aliphatic rings. The molecule has 114 valence electrons. The fourth-order valence-corrected chi connectivity index (χ4v) is 2.46. The van der Waals surface area contributed by atoms with E-state index in [2.05, 4.69) is 20.8 Å². The minimum atomic E-state index is -0.493. The molecule has 1 heterocycles. The Balaban J connectivity index is 1.71. The molecule has 1 aromatic heterocycles. The smallest absolute Gasteiger partial charge is 0.258 e. The third-order valence-electron chi connectivity index (χ3n) is 3.73. The fraction of sp³-hybridized carbons (Fsp3) is 0.267. The number of ether oxygens (including phenoxy) is 1. The maximum absolute atomic E-state index is 12.5. The molecule has 0 aliphatic heterocycles. The number of rotatable bonds is 5. The number of nitrogens with zero attached hydrogens (tertiary/aromatic N) is 2. The van der Waals surface area contributed by atoms with Gasteiger partial charge in [0, 0.05) is 17.4 Å². The van der Waals surface area contributed by atoms with Crippen LogP contribution in [0, 0.1) is 0 Å². The highest BCUT2D eigenvalue weighted by Gasteiger charge is 2.51. The number of hydrogen-bond acceptors (Lipinski definition) is 5. The van der Waals surface area contributed by atoms with Crippen molar-refractivity contribution in [3.05, 3.63) is 47.2 Å². The van der Waals surface area contributed by atoms with Crippen molar-refractivity contribution < 1.29 is 9.53 Å². The summed E-state index contributed by atoms with van der Waals surface area (Å²) in [5, 5.41) is 0.655. The van der Waals surface area contributed by atoms with Gasteiger partial charge in [0.15, 0.2) is 0 Å². The third-order valence-corrected chi connectivity index (χ3v) is 3.99. The summed E-state index contributed by atoms with van der Waals surface area (Å²) < 4.78 is 5.07. The van der Waals surface area contributed by atoms with Gasteiger partial charge in [0.1, 0.15) is 0 Å². The quantitative estimate of drug-likeness (QED) is 0.827. The number of hydrogen-bond donors (Lipinski definition) is 2. The Morgan fingerprint density at radius 1 is 1.23 bits per heavy atom. The highest BCUT2D eigenvalue weighted by molar-refractivity contribution is 6.30. The van der Waals surface area contributed by atoms with Gasteiger partial charge >= 0.3 is 0 Å². The number of methoxy groups -OCH3 is 1. The van der Waals surface area contributed by atoms with Crippen LogP contribution < -0.4 is 15.6 Å². The summed E-state index contributed by atoms with van der Waals surface area (Å²) in [6.07, 6.45) is 4.64. The van der Waals surface area contributed by atoms with E-state index in [0.29, 0.717) is 16.7 Å². The third kappa shape index (κ3) is 2.69. The van der Waals surface area contributed by atoms with E-state index >= 15 is 0 Å². The molecule has 7 heteroatoms. The first-order valence-corrected chi connectivity index (χ1v) is 7.21. The zero-order valence-corrected chi connectivity index (χ0v) is 12.7. The molecule has 1 aliphatic carbocycles. The molecule has 0 unspecified atom stereocenters. The summed E-state index contributed by atoms with van der Waals surface area (Å²) >= 11 is 5.89. The van der Waals surface area contributed by atoms with Gasteiger partial charge in [-0.3, -0.25) is 15.6 Å². The van der Waals surface area contributed by atoms with Crippen LogP contribution >= 0.6 is 11.6 Å². The number of nitrogens with one attached hydrogen (secondary N) is 2. The van der Waals surface area contributed by atoms with Gasteiger partial charge in [0.2, 0.25) is 11.7 Å². The number of carbonyl (C=O) groups excluding carboxylic acids is 1. The maximum atomic E-state index is 12.5. The zero-order chi connectivity index (χ0) is 15.6. The summed E-state index contributed by atoms with van der Waals surface area (Å²) in [5.74, 6) is 0.576. The monoisotopic (exact) mass is 318 g/mol. The second-order valence-corrected chi connectivity index (χ2v) is 5.52. The van der Waals surface area contributed by atoms with Gasteiger partial charge in [0.25, 0.3) is 5.88 Å². The zero-order valence-electron chi connectivity index (χ0n) is 12.0. The Kier molecular flexibility index (Phi) is 3.85. The number of benzene rings is 1. The van der Waals surface area contributed by atoms with Crippen LogP contribution in [0.3, 0.4) is 0 Å². The van der Waals surface area contributed by atoms with Crippen LogP contribution in [0.25, 0.3) is 0 Å². The Morgan fingerprint density at radius 2 is 1.91 bits per heavy atom. The number of carbonyl (C=O) groups is 1. The molecule has 0 bridgehead atoms. The van der Waals surface area contributed by atoms with Crippen LogP contribution in [-0.4, -0.2) is 23.0 Å². The number of halogens is 1. The van der Waals surface area contributed by atoms with Crippen molar-refractivity contribution in [1.29, 1.82) is 0 Å². The van der Waals surface area contributed by atoms with Crippen LogP contribution in [0.15, 0.2) is 36.7 Å². The first kappa shape index (κ1) is 14.6. The molecular formula is C15H15ClN4O2. The molecule has 0 radical (unpaired) electrons. The number of hydrazine groups is 1. The van der Waals surface area contributed by atoms with Gasteiger partial charge in [0.05, 0.1) is 12.5 Å². The molecular weight excluding hydrogens is 304 g/mol. The average Bonchev–Trinajstić information content (AvgIpc) is 3.35. The van der Waals surface area contributed by atoms with Crippen LogP contribution in [-0.2, 0) is 10.2 Å². The molecule has 0 spiro atoms. The maximum Gasteiger partial charge on any atom is 0.258 e. The first-order chi connectivity index (χ1) is 10.7. The lowest BCUT2D eigenvalue weighted by atomic mass is 9.95. The highest BCUT2D eigenvalue weighted by atomic mass is 35.5. The molecule has 1 amide bonds. The second kappa shape index (κ2) is 5.81. The Hall–Kier alpha value is -2.34. The lowest BCUT2D eigenvalue weighted by molar-refractivity contribution is -0.123. The van der Waals surface area contributed by atoms with Crippen molar-refractivity contribution in [3.8, 4) is 5.88 Å². The van der Waals surface area contributed by atoms with Crippen LogP contribution in [0.5, 0.6) is 5.88 Å². The van der Waals surface area contributed by atoms with Crippen molar-refractivity contribution in [3.63, 3.8) is 0 Å². The van der Waals surface area contributed by atoms with Gasteiger partial charge in [-0.25, -0.2) is 9.97 Å². The second-order valence-electron chi connectivity index (χ2n) is 5.08. The molecule has 6 nitrogen and oxygen atoms in total. The summed E-state index contributed by atoms with van der Waals surface area (Å²) in [5.41, 5.74) is 5.92. The van der Waals surface area contributed by atoms with Gasteiger partial charge < -0.3 is 4.74 Å². The van der Waals surface area contributed by atoms with Crippen molar-refractivity contribution in [2.45, 2.75) is 18.3 Å². The number of aromatic nitrogens is 2. The Morgan fingerprint density at radius 3 is 2.55 bits per heavy atom. The standard InChI is InChI=1S/C15H15ClN4O2/c1-22-13-12(17-8-9-18-13)19-20-14(21)15(6-7-15)10-2-4-11(16)5-3-10/h2-5,8-9H,6-7H2,1H3,(H,17,19)(H,20,21). The summed E-state index contributed by atoms with van der Waals surface area (Å²) in [6.45, 7) is 0. The van der Waals surface area contributed by atoms with Crippen molar-refractivity contribution >= 4 is 23.3 Å². The van der Waals surface area contributed by atoms with Crippen molar-refractivity contribution in [2.75, 3.05) is 12.5 Å². The molecule has 1 aromatic carbocycles. The van der Waals surface area contributed by atoms with Gasteiger partial charge in [-0.1, -0.05) is 23.7 Å². The van der Waals surface area contributed by atoms with Crippen LogP contribution in [0.1, 0.15) is 18.4 Å². The summed E-state index contributed by atoms with van der Waals surface area (Å²) in [6, 6.07) is 7.36. The van der Waals surface area contributed by atoms with Gasteiger partial charge in [-0.05, 0) is 30.5 Å². The lowest BCUT2D eigenvalue weighted by Crippen LogP contribution is -2.38. The molecule has 3 rings (SSSR count). The average molecular weight is 319 g/mol. The van der Waals surface area contributed by atoms with Gasteiger partial charge in [-0.15, -0.1) is 0 Å². The minimum Gasteiger partial charge on any atom is -0.478 e. The van der Waals surface area contributed by atoms with E-state index in [1.165, 1.54) is 19.5 Å². The lowest BCUT2D eigenvalue weighted by Gasteiger charge is -2.17. The molecule has 2 aromatic rings. The Bertz CT molecular complexity index is 686. The minimum absolute atomic E-state index is 0.109. The normalized spacial score (nSPS) is 15.0. The number of amides is 1. The van der Waals surface area contributed by atoms with E-state index in [1.54, 1.807) is 12.1 Å². The Labute approximate surface area is 132 Å². The molecule has 22 heavy (non-hydrogen) atoms. The van der Waals surface area contributed by atoms with Crippen molar-refractivity contribution in [1.82, 2.24) is 15.4 Å². The molecule has 2 N–H and O–H groups in total. The predicted molar refractivity (Wildman–Crippen MR) is 82.7 cm³/mol. The molecule has 1 fully saturated rings. The fourth-order valence-electron chi connectivity index (χ4n) is 2.34. The largest absolute Gasteiger partial charge is 0.478 e. The first-order valence-electron chi connectivity index (χ1n) is 6.83. The van der Waals surface area contributed by atoms with E-state index < -0.39 is 5.41 Å². The van der Waals surface area contributed by atoms with E-state index in [4.69, 9.17) is 16.3 Å². The molecule has 0 saturated heterocycles. The van der Waals surface area contributed by atoms with Crippen LogP contribution in [0.2, 0.25) is 5.02 Å². The van der Waals surface area contributed by atoms with E-state index in [1.807, 2.05) is 12.1 Å². The topological polar surface area (TPSA) is 76.1 Å². The van der Waals surface area contributed by atoms with Crippen molar-refractivity contribution in [2.24, 2.45) is 0 Å². The van der Waals surface area contributed by atoms with E-state index in [0.717, 1.165) is 18.4 Å². The highest BCUT2D eigenvalue weighted by Crippen LogP contribution is 2.48.